The molecule has 0 aliphatic carbocycles. The van der Waals surface area contributed by atoms with Crippen LogP contribution in [0.15, 0.2) is 47.6 Å². The first-order valence-electron chi connectivity index (χ1n) is 5.65. The first kappa shape index (κ1) is 14.4. The minimum atomic E-state index is -0.362. The van der Waals surface area contributed by atoms with Gasteiger partial charge in [0.25, 0.3) is 5.91 Å². The Morgan fingerprint density at radius 3 is 2.55 bits per heavy atom. The molecule has 0 heterocycles. The van der Waals surface area contributed by atoms with Crippen molar-refractivity contribution in [1.29, 1.82) is 0 Å². The summed E-state index contributed by atoms with van der Waals surface area (Å²) in [6.45, 7) is 0. The lowest BCUT2D eigenvalue weighted by Crippen LogP contribution is -2.17. The van der Waals surface area contributed by atoms with E-state index in [-0.39, 0.29) is 22.2 Å². The van der Waals surface area contributed by atoms with Gasteiger partial charge in [0.05, 0.1) is 21.8 Å². The fraction of sp³-hybridized carbons (Fsp3) is 0. The number of phenolic OH excluding ortho intramolecular Hbond substituents is 1. The molecule has 0 aliphatic rings. The lowest BCUT2D eigenvalue weighted by Gasteiger charge is -2.03. The molecule has 0 bridgehead atoms. The van der Waals surface area contributed by atoms with Gasteiger partial charge < -0.3 is 5.11 Å². The Bertz CT molecular complexity index is 658. The molecule has 0 saturated carbocycles. The molecule has 0 aromatic heterocycles. The summed E-state index contributed by atoms with van der Waals surface area (Å²) in [5.74, 6) is -0.434. The Hall–Kier alpha value is -2.04. The molecule has 4 nitrogen and oxygen atoms in total. The fourth-order valence-electron chi connectivity index (χ4n) is 1.49. The maximum Gasteiger partial charge on any atom is 0.271 e. The highest BCUT2D eigenvalue weighted by Crippen LogP contribution is 2.30. The Labute approximate surface area is 125 Å². The Balaban J connectivity index is 2.12. The van der Waals surface area contributed by atoms with Crippen LogP contribution in [-0.4, -0.2) is 17.2 Å². The lowest BCUT2D eigenvalue weighted by atomic mass is 10.2. The van der Waals surface area contributed by atoms with Gasteiger partial charge in [0.15, 0.2) is 0 Å². The molecule has 102 valence electrons. The number of rotatable bonds is 3. The van der Waals surface area contributed by atoms with E-state index in [1.54, 1.807) is 24.3 Å². The van der Waals surface area contributed by atoms with Crippen molar-refractivity contribution in [3.05, 3.63) is 63.6 Å². The van der Waals surface area contributed by atoms with Crippen molar-refractivity contribution < 1.29 is 9.90 Å². The molecular weight excluding hydrogens is 299 g/mol. The average Bonchev–Trinajstić information content (AvgIpc) is 2.47. The van der Waals surface area contributed by atoms with Crippen LogP contribution in [0.2, 0.25) is 10.0 Å². The number of benzene rings is 2. The van der Waals surface area contributed by atoms with Gasteiger partial charge in [-0.2, -0.15) is 5.10 Å². The van der Waals surface area contributed by atoms with Crippen molar-refractivity contribution >= 4 is 35.3 Å². The number of aromatic hydroxyl groups is 1. The van der Waals surface area contributed by atoms with E-state index in [2.05, 4.69) is 10.5 Å². The van der Waals surface area contributed by atoms with Crippen LogP contribution in [0.3, 0.4) is 0 Å². The van der Waals surface area contributed by atoms with Gasteiger partial charge in [-0.3, -0.25) is 4.79 Å². The highest BCUT2D eigenvalue weighted by atomic mass is 35.5. The van der Waals surface area contributed by atoms with E-state index in [4.69, 9.17) is 23.2 Å². The zero-order chi connectivity index (χ0) is 14.5. The number of carbonyl (C=O) groups is 1. The number of hydrogen-bond acceptors (Lipinski definition) is 3. The third kappa shape index (κ3) is 3.29. The van der Waals surface area contributed by atoms with Gasteiger partial charge in [-0.25, -0.2) is 5.43 Å². The molecular formula is C14H10Cl2N2O2. The van der Waals surface area contributed by atoms with E-state index in [9.17, 15) is 9.90 Å². The van der Waals surface area contributed by atoms with E-state index in [0.29, 0.717) is 10.6 Å². The molecule has 0 spiro atoms. The number of phenols is 1. The van der Waals surface area contributed by atoms with Crippen LogP contribution < -0.4 is 5.43 Å². The molecule has 2 rings (SSSR count). The number of halogens is 2. The van der Waals surface area contributed by atoms with Crippen LogP contribution in [0.5, 0.6) is 5.75 Å². The predicted octanol–water partition coefficient (Wildman–Crippen LogP) is 3.46. The van der Waals surface area contributed by atoms with Gasteiger partial charge in [-0.05, 0) is 24.3 Å². The van der Waals surface area contributed by atoms with Gasteiger partial charge in [-0.1, -0.05) is 41.4 Å². The quantitative estimate of drug-likeness (QED) is 0.674. The summed E-state index contributed by atoms with van der Waals surface area (Å²) in [6, 6.07) is 11.5. The van der Waals surface area contributed by atoms with E-state index >= 15 is 0 Å². The van der Waals surface area contributed by atoms with Crippen LogP contribution in [0.1, 0.15) is 15.9 Å². The van der Waals surface area contributed by atoms with Crippen LogP contribution in [0.4, 0.5) is 0 Å². The summed E-state index contributed by atoms with van der Waals surface area (Å²) in [6.07, 6.45) is 1.24. The first-order chi connectivity index (χ1) is 9.59. The molecule has 0 radical (unpaired) electrons. The molecule has 0 fully saturated rings. The van der Waals surface area contributed by atoms with Crippen LogP contribution in [0.25, 0.3) is 0 Å². The summed E-state index contributed by atoms with van der Waals surface area (Å²) in [4.78, 5) is 11.7. The standard InChI is InChI=1S/C14H10Cl2N2O2/c15-11-6-7-12(19)10(13(11)16)8-17-18-14(20)9-4-2-1-3-5-9/h1-8,19H,(H,18,20)/b17-8+. The van der Waals surface area contributed by atoms with E-state index < -0.39 is 0 Å². The third-order valence-corrected chi connectivity index (χ3v) is 3.32. The molecule has 0 atom stereocenters. The molecule has 2 aromatic rings. The fourth-order valence-corrected chi connectivity index (χ4v) is 1.86. The van der Waals surface area contributed by atoms with Crippen molar-refractivity contribution in [2.24, 2.45) is 5.10 Å². The van der Waals surface area contributed by atoms with Crippen molar-refractivity contribution in [3.8, 4) is 5.75 Å². The van der Waals surface area contributed by atoms with Crippen LogP contribution in [0, 0.1) is 0 Å². The number of nitrogens with zero attached hydrogens (tertiary/aromatic N) is 1. The molecule has 0 saturated heterocycles. The average molecular weight is 309 g/mol. The lowest BCUT2D eigenvalue weighted by molar-refractivity contribution is 0.0955. The Kier molecular flexibility index (Phi) is 4.61. The summed E-state index contributed by atoms with van der Waals surface area (Å²) in [7, 11) is 0. The second-order valence-electron chi connectivity index (χ2n) is 3.86. The highest BCUT2D eigenvalue weighted by Gasteiger charge is 2.08. The summed E-state index contributed by atoms with van der Waals surface area (Å²) in [5.41, 5.74) is 3.06. The molecule has 0 aliphatic heterocycles. The minimum absolute atomic E-state index is 0.0721. The van der Waals surface area contributed by atoms with Crippen molar-refractivity contribution in [2.45, 2.75) is 0 Å². The van der Waals surface area contributed by atoms with Gasteiger partial charge in [0.2, 0.25) is 0 Å². The molecule has 2 aromatic carbocycles. The number of nitrogens with one attached hydrogen (secondary N) is 1. The molecule has 1 amide bonds. The minimum Gasteiger partial charge on any atom is -0.507 e. The number of hydrazone groups is 1. The van der Waals surface area contributed by atoms with Crippen molar-refractivity contribution in [2.75, 3.05) is 0 Å². The Morgan fingerprint density at radius 1 is 1.15 bits per heavy atom. The number of carbonyl (C=O) groups excluding carboxylic acids is 1. The van der Waals surface area contributed by atoms with Crippen LogP contribution in [-0.2, 0) is 0 Å². The van der Waals surface area contributed by atoms with E-state index in [1.165, 1.54) is 18.3 Å². The van der Waals surface area contributed by atoms with Crippen molar-refractivity contribution in [3.63, 3.8) is 0 Å². The van der Waals surface area contributed by atoms with Gasteiger partial charge in [-0.15, -0.1) is 0 Å². The maximum absolute atomic E-state index is 11.7. The molecule has 20 heavy (non-hydrogen) atoms. The topological polar surface area (TPSA) is 61.7 Å². The molecule has 0 unspecified atom stereocenters. The molecule has 2 N–H and O–H groups in total. The largest absolute Gasteiger partial charge is 0.507 e. The van der Waals surface area contributed by atoms with Gasteiger partial charge >= 0.3 is 0 Å². The second-order valence-corrected chi connectivity index (χ2v) is 4.64. The number of amides is 1. The predicted molar refractivity (Wildman–Crippen MR) is 79.6 cm³/mol. The van der Waals surface area contributed by atoms with E-state index in [0.717, 1.165) is 0 Å². The maximum atomic E-state index is 11.7. The third-order valence-electron chi connectivity index (χ3n) is 2.51. The normalized spacial score (nSPS) is 10.7. The smallest absolute Gasteiger partial charge is 0.271 e. The monoisotopic (exact) mass is 308 g/mol. The second kappa shape index (κ2) is 6.41. The highest BCUT2D eigenvalue weighted by molar-refractivity contribution is 6.43. The first-order valence-corrected chi connectivity index (χ1v) is 6.40. The van der Waals surface area contributed by atoms with Gasteiger partial charge in [0, 0.05) is 5.56 Å². The molecule has 6 heteroatoms. The SMILES string of the molecule is O=C(N/N=C/c1c(O)ccc(Cl)c1Cl)c1ccccc1. The summed E-state index contributed by atoms with van der Waals surface area (Å²) >= 11 is 11.8. The Morgan fingerprint density at radius 2 is 1.85 bits per heavy atom. The zero-order valence-electron chi connectivity index (χ0n) is 10.2. The summed E-state index contributed by atoms with van der Waals surface area (Å²) < 4.78 is 0. The summed E-state index contributed by atoms with van der Waals surface area (Å²) in [5, 5.41) is 13.9. The van der Waals surface area contributed by atoms with E-state index in [1.807, 2.05) is 6.07 Å². The zero-order valence-corrected chi connectivity index (χ0v) is 11.7. The van der Waals surface area contributed by atoms with Gasteiger partial charge in [0.1, 0.15) is 5.75 Å². The van der Waals surface area contributed by atoms with Crippen molar-refractivity contribution in [1.82, 2.24) is 5.43 Å². The number of hydrogen-bond donors (Lipinski definition) is 2. The van der Waals surface area contributed by atoms with Crippen LogP contribution >= 0.6 is 23.2 Å².